The van der Waals surface area contributed by atoms with Gasteiger partial charge in [-0.3, -0.25) is 9.10 Å². The van der Waals surface area contributed by atoms with E-state index in [4.69, 9.17) is 21.1 Å². The van der Waals surface area contributed by atoms with E-state index in [1.165, 1.54) is 38.5 Å². The zero-order valence-electron chi connectivity index (χ0n) is 14.7. The Morgan fingerprint density at radius 3 is 2.30 bits per heavy atom. The van der Waals surface area contributed by atoms with Crippen molar-refractivity contribution in [3.63, 3.8) is 0 Å². The largest absolute Gasteiger partial charge is 0.493 e. The Bertz CT molecular complexity index is 950. The van der Waals surface area contributed by atoms with E-state index in [-0.39, 0.29) is 21.4 Å². The fraction of sp³-hybridized carbons (Fsp3) is 0.235. The molecular weight excluding hydrogens is 401 g/mol. The van der Waals surface area contributed by atoms with Gasteiger partial charge in [0, 0.05) is 6.07 Å². The van der Waals surface area contributed by atoms with Crippen LogP contribution in [0, 0.1) is 5.82 Å². The fourth-order valence-electron chi connectivity index (χ4n) is 2.24. The average Bonchev–Trinajstić information content (AvgIpc) is 2.67. The lowest BCUT2D eigenvalue weighted by atomic mass is 10.3. The highest BCUT2D eigenvalue weighted by atomic mass is 35.5. The number of anilines is 1. The summed E-state index contributed by atoms with van der Waals surface area (Å²) in [4.78, 5) is 11.6. The maximum Gasteiger partial charge on any atom is 0.326 e. The Morgan fingerprint density at radius 2 is 1.74 bits per heavy atom. The molecule has 146 valence electrons. The first-order valence-corrected chi connectivity index (χ1v) is 9.33. The summed E-state index contributed by atoms with van der Waals surface area (Å²) in [6, 6.07) is 7.28. The number of nitrogens with zero attached hydrogens (tertiary/aromatic N) is 1. The van der Waals surface area contributed by atoms with Crippen LogP contribution in [0.2, 0.25) is 5.02 Å². The molecule has 0 aliphatic carbocycles. The Morgan fingerprint density at radius 1 is 1.07 bits per heavy atom. The third-order valence-electron chi connectivity index (χ3n) is 3.63. The number of halogens is 2. The number of hydrogen-bond donors (Lipinski definition) is 0. The van der Waals surface area contributed by atoms with Gasteiger partial charge in [0.2, 0.25) is 0 Å². The van der Waals surface area contributed by atoms with Crippen molar-refractivity contribution in [2.24, 2.45) is 0 Å². The van der Waals surface area contributed by atoms with E-state index in [2.05, 4.69) is 4.74 Å². The number of carbonyl (C=O) groups is 1. The van der Waals surface area contributed by atoms with E-state index in [0.717, 1.165) is 23.5 Å². The van der Waals surface area contributed by atoms with Crippen LogP contribution in [0.5, 0.6) is 11.5 Å². The minimum Gasteiger partial charge on any atom is -0.493 e. The highest BCUT2D eigenvalue weighted by Crippen LogP contribution is 2.33. The Kier molecular flexibility index (Phi) is 6.50. The second-order valence-corrected chi connectivity index (χ2v) is 7.47. The highest BCUT2D eigenvalue weighted by molar-refractivity contribution is 7.92. The molecule has 0 atom stereocenters. The highest BCUT2D eigenvalue weighted by Gasteiger charge is 2.29. The van der Waals surface area contributed by atoms with Crippen molar-refractivity contribution < 1.29 is 31.8 Å². The smallest absolute Gasteiger partial charge is 0.326 e. The second kappa shape index (κ2) is 8.45. The molecule has 0 saturated carbocycles. The van der Waals surface area contributed by atoms with E-state index < -0.39 is 28.4 Å². The lowest BCUT2D eigenvalue weighted by Crippen LogP contribution is -2.36. The van der Waals surface area contributed by atoms with Gasteiger partial charge in [0.15, 0.2) is 11.5 Å². The van der Waals surface area contributed by atoms with Crippen molar-refractivity contribution in [3.8, 4) is 11.5 Å². The van der Waals surface area contributed by atoms with E-state index in [0.29, 0.717) is 5.75 Å². The van der Waals surface area contributed by atoms with Crippen LogP contribution in [0.3, 0.4) is 0 Å². The van der Waals surface area contributed by atoms with Gasteiger partial charge in [-0.25, -0.2) is 12.8 Å². The summed E-state index contributed by atoms with van der Waals surface area (Å²) >= 11 is 5.76. The van der Waals surface area contributed by atoms with Crippen LogP contribution in [0.15, 0.2) is 41.3 Å². The van der Waals surface area contributed by atoms with E-state index in [1.807, 2.05) is 0 Å². The van der Waals surface area contributed by atoms with Crippen LogP contribution in [0.1, 0.15) is 0 Å². The minimum atomic E-state index is -4.23. The molecule has 0 aliphatic heterocycles. The SMILES string of the molecule is COC(=O)CN(c1ccc(F)c(Cl)c1)S(=O)(=O)c1ccc(OC)c(OC)c1. The van der Waals surface area contributed by atoms with E-state index >= 15 is 0 Å². The van der Waals surface area contributed by atoms with Crippen LogP contribution in [-0.4, -0.2) is 42.3 Å². The summed E-state index contributed by atoms with van der Waals surface area (Å²) < 4.78 is 55.3. The number of benzene rings is 2. The van der Waals surface area contributed by atoms with Crippen molar-refractivity contribution in [2.45, 2.75) is 4.90 Å². The summed E-state index contributed by atoms with van der Waals surface area (Å²) in [6.07, 6.45) is 0. The van der Waals surface area contributed by atoms with Gasteiger partial charge < -0.3 is 14.2 Å². The molecule has 0 bridgehead atoms. The zero-order valence-corrected chi connectivity index (χ0v) is 16.3. The molecule has 0 fully saturated rings. The van der Waals surface area contributed by atoms with Gasteiger partial charge >= 0.3 is 5.97 Å². The van der Waals surface area contributed by atoms with Gasteiger partial charge in [-0.05, 0) is 30.3 Å². The van der Waals surface area contributed by atoms with Gasteiger partial charge in [0.05, 0.1) is 36.9 Å². The first kappa shape index (κ1) is 20.8. The number of esters is 1. The molecule has 0 aliphatic rings. The summed E-state index contributed by atoms with van der Waals surface area (Å²) in [5.74, 6) is -1.00. The number of rotatable bonds is 7. The Hall–Kier alpha value is -2.52. The van der Waals surface area contributed by atoms with Crippen molar-refractivity contribution >= 4 is 33.3 Å². The molecule has 0 spiro atoms. The first-order valence-electron chi connectivity index (χ1n) is 7.51. The van der Waals surface area contributed by atoms with Crippen LogP contribution in [0.25, 0.3) is 0 Å². The monoisotopic (exact) mass is 417 g/mol. The summed E-state index contributed by atoms with van der Waals surface area (Å²) in [5, 5.41) is -0.287. The number of hydrogen-bond acceptors (Lipinski definition) is 6. The normalized spacial score (nSPS) is 11.0. The molecule has 0 N–H and O–H groups in total. The van der Waals surface area contributed by atoms with Crippen LogP contribution < -0.4 is 13.8 Å². The molecule has 2 rings (SSSR count). The molecule has 0 heterocycles. The molecule has 0 unspecified atom stereocenters. The van der Waals surface area contributed by atoms with Gasteiger partial charge in [-0.2, -0.15) is 0 Å². The summed E-state index contributed by atoms with van der Waals surface area (Å²) in [7, 11) is -0.330. The number of sulfonamides is 1. The number of carbonyl (C=O) groups excluding carboxylic acids is 1. The third kappa shape index (κ3) is 4.42. The lowest BCUT2D eigenvalue weighted by molar-refractivity contribution is -0.138. The van der Waals surface area contributed by atoms with Crippen LogP contribution >= 0.6 is 11.6 Å². The van der Waals surface area contributed by atoms with Gasteiger partial charge in [0.25, 0.3) is 10.0 Å². The third-order valence-corrected chi connectivity index (χ3v) is 5.69. The summed E-state index contributed by atoms with van der Waals surface area (Å²) in [5.41, 5.74) is 0.00147. The molecule has 2 aromatic carbocycles. The Labute approximate surface area is 161 Å². The Balaban J connectivity index is 2.59. The fourth-order valence-corrected chi connectivity index (χ4v) is 3.83. The molecule has 7 nitrogen and oxygen atoms in total. The molecule has 0 saturated heterocycles. The predicted molar refractivity (Wildman–Crippen MR) is 97.5 cm³/mol. The van der Waals surface area contributed by atoms with Crippen LogP contribution in [-0.2, 0) is 19.6 Å². The van der Waals surface area contributed by atoms with E-state index in [9.17, 15) is 17.6 Å². The van der Waals surface area contributed by atoms with Gasteiger partial charge in [-0.1, -0.05) is 11.6 Å². The molecule has 0 amide bonds. The topological polar surface area (TPSA) is 82.1 Å². The minimum absolute atomic E-state index is 0.00147. The molecule has 2 aromatic rings. The molecule has 0 radical (unpaired) electrons. The standard InChI is InChI=1S/C17H17ClFNO6S/c1-24-15-7-5-12(9-16(15)25-2)27(22,23)20(10-17(21)26-3)11-4-6-14(19)13(18)8-11/h4-9H,10H2,1-3H3. The zero-order chi connectivity index (χ0) is 20.2. The maximum atomic E-state index is 13.5. The summed E-state index contributed by atoms with van der Waals surface area (Å²) in [6.45, 7) is -0.630. The molecular formula is C17H17ClFNO6S. The molecule has 10 heteroatoms. The number of methoxy groups -OCH3 is 3. The van der Waals surface area contributed by atoms with Crippen LogP contribution in [0.4, 0.5) is 10.1 Å². The van der Waals surface area contributed by atoms with Crippen molar-refractivity contribution in [3.05, 3.63) is 47.2 Å². The van der Waals surface area contributed by atoms with E-state index in [1.54, 1.807) is 0 Å². The van der Waals surface area contributed by atoms with Crippen molar-refractivity contribution in [2.75, 3.05) is 32.2 Å². The predicted octanol–water partition coefficient (Wildman–Crippen LogP) is 2.86. The van der Waals surface area contributed by atoms with Gasteiger partial charge in [-0.15, -0.1) is 0 Å². The first-order chi connectivity index (χ1) is 12.7. The van der Waals surface area contributed by atoms with Gasteiger partial charge in [0.1, 0.15) is 12.4 Å². The number of ether oxygens (including phenoxy) is 3. The van der Waals surface area contributed by atoms with Crippen molar-refractivity contribution in [1.82, 2.24) is 0 Å². The molecule has 27 heavy (non-hydrogen) atoms. The second-order valence-electron chi connectivity index (χ2n) is 5.20. The average molecular weight is 418 g/mol. The molecule has 0 aromatic heterocycles. The maximum absolute atomic E-state index is 13.5. The lowest BCUT2D eigenvalue weighted by Gasteiger charge is -2.24. The quantitative estimate of drug-likeness (QED) is 0.644. The van der Waals surface area contributed by atoms with Crippen molar-refractivity contribution in [1.29, 1.82) is 0 Å².